The van der Waals surface area contributed by atoms with Crippen LogP contribution < -0.4 is 5.32 Å². The predicted molar refractivity (Wildman–Crippen MR) is 117 cm³/mol. The monoisotopic (exact) mass is 421 g/mol. The molecule has 30 heavy (non-hydrogen) atoms. The van der Waals surface area contributed by atoms with Gasteiger partial charge in [0.25, 0.3) is 0 Å². The van der Waals surface area contributed by atoms with Crippen molar-refractivity contribution in [3.63, 3.8) is 0 Å². The lowest BCUT2D eigenvalue weighted by Crippen LogP contribution is -2.09. The Bertz CT molecular complexity index is 1140. The lowest BCUT2D eigenvalue weighted by molar-refractivity contribution is 0.101. The molecule has 0 fully saturated rings. The Balaban J connectivity index is 1.66. The van der Waals surface area contributed by atoms with Gasteiger partial charge in [-0.3, -0.25) is 9.78 Å². The summed E-state index contributed by atoms with van der Waals surface area (Å²) in [5.41, 5.74) is 2.23. The van der Waals surface area contributed by atoms with Crippen LogP contribution in [0, 0.1) is 0 Å². The van der Waals surface area contributed by atoms with Gasteiger partial charge in [-0.15, -0.1) is 0 Å². The molecule has 4 aromatic heterocycles. The van der Waals surface area contributed by atoms with Crippen LogP contribution in [0.15, 0.2) is 53.3 Å². The minimum Gasteiger partial charge on any atom is -0.369 e. The van der Waals surface area contributed by atoms with E-state index in [1.54, 1.807) is 31.8 Å². The van der Waals surface area contributed by atoms with Gasteiger partial charge in [-0.25, -0.2) is 15.0 Å². The molecule has 0 radical (unpaired) electrons. The number of rotatable bonds is 9. The van der Waals surface area contributed by atoms with Gasteiger partial charge >= 0.3 is 0 Å². The fourth-order valence-electron chi connectivity index (χ4n) is 3.35. The highest BCUT2D eigenvalue weighted by Gasteiger charge is 2.21. The van der Waals surface area contributed by atoms with Crippen molar-refractivity contribution in [2.24, 2.45) is 0 Å². The molecule has 2 N–H and O–H groups in total. The van der Waals surface area contributed by atoms with Gasteiger partial charge in [0.1, 0.15) is 11.5 Å². The average molecular weight is 422 g/mol. The van der Waals surface area contributed by atoms with Crippen LogP contribution in [0.3, 0.4) is 0 Å². The summed E-state index contributed by atoms with van der Waals surface area (Å²) in [4.78, 5) is 34.3. The zero-order valence-corrected chi connectivity index (χ0v) is 17.7. The highest BCUT2D eigenvalue weighted by molar-refractivity contribution is 7.99. The van der Waals surface area contributed by atoms with Gasteiger partial charge in [0, 0.05) is 48.5 Å². The quantitative estimate of drug-likeness (QED) is 0.239. The van der Waals surface area contributed by atoms with Crippen molar-refractivity contribution in [1.82, 2.24) is 29.5 Å². The number of H-pyrrole nitrogens is 1. The van der Waals surface area contributed by atoms with Crippen LogP contribution in [-0.4, -0.2) is 41.8 Å². The van der Waals surface area contributed by atoms with Gasteiger partial charge < -0.3 is 14.9 Å². The number of aromatic amines is 1. The first-order valence-electron chi connectivity index (χ1n) is 9.86. The Kier molecular flexibility index (Phi) is 6.08. The van der Waals surface area contributed by atoms with E-state index in [-0.39, 0.29) is 5.78 Å². The van der Waals surface area contributed by atoms with E-state index in [2.05, 4.69) is 25.3 Å². The number of fused-ring (bicyclic) bond motifs is 1. The molecule has 0 atom stereocenters. The van der Waals surface area contributed by atoms with Gasteiger partial charge in [0.2, 0.25) is 0 Å². The van der Waals surface area contributed by atoms with Crippen LogP contribution >= 0.6 is 11.8 Å². The largest absolute Gasteiger partial charge is 0.369 e. The summed E-state index contributed by atoms with van der Waals surface area (Å²) in [6.45, 7) is 5.17. The summed E-state index contributed by atoms with van der Waals surface area (Å²) < 4.78 is 2.04. The number of hydrogen-bond acceptors (Lipinski definition) is 7. The number of imidazole rings is 1. The molecule has 0 aliphatic heterocycles. The number of nitrogens with one attached hydrogen (secondary N) is 2. The fraction of sp³-hybridized carbons (Fsp3) is 0.286. The molecular formula is C21H23N7OS. The number of Topliss-reactive ketones (excluding diaryl/α,β-unsaturated/α-hetero) is 1. The number of aromatic nitrogens is 6. The molecule has 4 heterocycles. The molecule has 9 heteroatoms. The van der Waals surface area contributed by atoms with Gasteiger partial charge in [0.05, 0.1) is 17.3 Å². The van der Waals surface area contributed by atoms with Gasteiger partial charge in [0.15, 0.2) is 10.9 Å². The zero-order chi connectivity index (χ0) is 20.9. The van der Waals surface area contributed by atoms with Crippen molar-refractivity contribution in [2.75, 3.05) is 11.9 Å². The molecule has 0 aromatic carbocycles. The molecular weight excluding hydrogens is 398 g/mol. The van der Waals surface area contributed by atoms with E-state index < -0.39 is 0 Å². The van der Waals surface area contributed by atoms with Crippen molar-refractivity contribution in [1.29, 1.82) is 0 Å². The van der Waals surface area contributed by atoms with Crippen molar-refractivity contribution in [3.05, 3.63) is 54.5 Å². The summed E-state index contributed by atoms with van der Waals surface area (Å²) in [7, 11) is 0. The Labute approximate surface area is 178 Å². The van der Waals surface area contributed by atoms with Gasteiger partial charge in [-0.2, -0.15) is 0 Å². The third-order valence-electron chi connectivity index (χ3n) is 4.70. The van der Waals surface area contributed by atoms with Crippen LogP contribution in [0.5, 0.6) is 0 Å². The lowest BCUT2D eigenvalue weighted by Gasteiger charge is -2.10. The summed E-state index contributed by atoms with van der Waals surface area (Å²) in [6.07, 6.45) is 10.7. The smallest absolute Gasteiger partial charge is 0.196 e. The molecule has 0 unspecified atom stereocenters. The summed E-state index contributed by atoms with van der Waals surface area (Å²) >= 11 is 1.44. The van der Waals surface area contributed by atoms with E-state index in [1.165, 1.54) is 11.8 Å². The van der Waals surface area contributed by atoms with Crippen molar-refractivity contribution >= 4 is 34.4 Å². The predicted octanol–water partition coefficient (Wildman–Crippen LogP) is 3.97. The molecule has 0 bridgehead atoms. The Morgan fingerprint density at radius 2 is 2.17 bits per heavy atom. The standard InChI is InChI=1S/C21H23N7OS/c1-3-16-17(14(2)29)18-19(24-8-5-10-28-11-9-23-13-28)26-21(27-20(18)25-16)30-15-6-4-7-22-12-15/h4,6-7,9,11-13H,3,5,8,10H2,1-2H3,(H2,24,25,26,27). The Morgan fingerprint density at radius 3 is 2.87 bits per heavy atom. The normalized spacial score (nSPS) is 11.1. The fourth-order valence-corrected chi connectivity index (χ4v) is 4.10. The van der Waals surface area contributed by atoms with E-state index in [4.69, 9.17) is 4.98 Å². The average Bonchev–Trinajstić information content (AvgIpc) is 3.39. The molecule has 0 spiro atoms. The molecule has 0 aliphatic rings. The van der Waals surface area contributed by atoms with Crippen LogP contribution in [-0.2, 0) is 13.0 Å². The second-order valence-electron chi connectivity index (χ2n) is 6.84. The molecule has 0 saturated heterocycles. The number of pyridine rings is 1. The molecule has 4 aromatic rings. The maximum atomic E-state index is 12.4. The molecule has 154 valence electrons. The highest BCUT2D eigenvalue weighted by Crippen LogP contribution is 2.32. The minimum atomic E-state index is 0.0100. The number of ketones is 1. The second kappa shape index (κ2) is 9.08. The highest BCUT2D eigenvalue weighted by atomic mass is 32.2. The summed E-state index contributed by atoms with van der Waals surface area (Å²) in [5.74, 6) is 0.689. The van der Waals surface area contributed by atoms with E-state index in [9.17, 15) is 4.79 Å². The summed E-state index contributed by atoms with van der Waals surface area (Å²) in [6, 6.07) is 3.85. The van der Waals surface area contributed by atoms with E-state index in [1.807, 2.05) is 29.8 Å². The van der Waals surface area contributed by atoms with Gasteiger partial charge in [-0.1, -0.05) is 6.92 Å². The van der Waals surface area contributed by atoms with Crippen LogP contribution in [0.1, 0.15) is 36.3 Å². The molecule has 0 saturated carbocycles. The zero-order valence-electron chi connectivity index (χ0n) is 16.9. The summed E-state index contributed by atoms with van der Waals surface area (Å²) in [5, 5.41) is 4.79. The number of anilines is 1. The third kappa shape index (κ3) is 4.35. The third-order valence-corrected chi connectivity index (χ3v) is 5.55. The van der Waals surface area contributed by atoms with E-state index in [0.717, 1.165) is 35.4 Å². The molecule has 4 rings (SSSR count). The number of aryl methyl sites for hydroxylation is 2. The number of carbonyl (C=O) groups excluding carboxylic acids is 1. The van der Waals surface area contributed by atoms with Crippen molar-refractivity contribution in [2.45, 2.75) is 43.3 Å². The van der Waals surface area contributed by atoms with E-state index in [0.29, 0.717) is 28.7 Å². The first kappa shape index (κ1) is 20.1. The first-order chi connectivity index (χ1) is 14.7. The number of nitrogens with zero attached hydrogens (tertiary/aromatic N) is 5. The topological polar surface area (TPSA) is 101 Å². The van der Waals surface area contributed by atoms with Crippen molar-refractivity contribution < 1.29 is 4.79 Å². The molecule has 0 amide bonds. The Hall–Kier alpha value is -3.20. The van der Waals surface area contributed by atoms with Crippen molar-refractivity contribution in [3.8, 4) is 0 Å². The minimum absolute atomic E-state index is 0.0100. The Morgan fingerprint density at radius 1 is 1.27 bits per heavy atom. The SMILES string of the molecule is CCc1[nH]c2nc(Sc3cccnc3)nc(NCCCn3ccnc3)c2c1C(C)=O. The maximum absolute atomic E-state index is 12.4. The van der Waals surface area contributed by atoms with Crippen LogP contribution in [0.25, 0.3) is 11.0 Å². The second-order valence-corrected chi connectivity index (χ2v) is 7.88. The van der Waals surface area contributed by atoms with E-state index >= 15 is 0 Å². The lowest BCUT2D eigenvalue weighted by atomic mass is 10.1. The number of hydrogen-bond donors (Lipinski definition) is 2. The van der Waals surface area contributed by atoms with Crippen LogP contribution in [0.2, 0.25) is 0 Å². The molecule has 8 nitrogen and oxygen atoms in total. The van der Waals surface area contributed by atoms with Gasteiger partial charge in [-0.05, 0) is 43.7 Å². The number of carbonyl (C=O) groups is 1. The molecule has 0 aliphatic carbocycles. The first-order valence-corrected chi connectivity index (χ1v) is 10.7. The maximum Gasteiger partial charge on any atom is 0.196 e. The van der Waals surface area contributed by atoms with Crippen LogP contribution in [0.4, 0.5) is 5.82 Å².